The first kappa shape index (κ1) is 14.8. The zero-order valence-corrected chi connectivity index (χ0v) is 12.8. The molecule has 1 aromatic carbocycles. The van der Waals surface area contributed by atoms with Crippen LogP contribution in [0, 0.1) is 0 Å². The summed E-state index contributed by atoms with van der Waals surface area (Å²) in [5.74, 6) is -1.27. The van der Waals surface area contributed by atoms with Crippen molar-refractivity contribution in [2.45, 2.75) is 6.54 Å². The Kier molecular flexibility index (Phi) is 3.21. The number of nitrogens with two attached hydrogens (primary N) is 1. The number of aromatic nitrogens is 4. The highest BCUT2D eigenvalue weighted by molar-refractivity contribution is 6.23. The third kappa shape index (κ3) is 2.38. The molecule has 0 aliphatic carbocycles. The number of nitrogen functional groups attached to an aromatic ring is 1. The summed E-state index contributed by atoms with van der Waals surface area (Å²) in [6.45, 7) is 0.533. The zero-order chi connectivity index (χ0) is 17.6. The second-order valence-corrected chi connectivity index (χ2v) is 5.53. The molecule has 0 fully saturated rings. The van der Waals surface area contributed by atoms with Crippen molar-refractivity contribution < 1.29 is 9.59 Å². The van der Waals surface area contributed by atoms with Crippen molar-refractivity contribution in [1.29, 1.82) is 0 Å². The first-order valence-electron chi connectivity index (χ1n) is 7.37. The number of hydrogen-bond donors (Lipinski definition) is 2. The number of benzene rings is 1. The Balaban J connectivity index is 1.75. The van der Waals surface area contributed by atoms with Gasteiger partial charge in [-0.1, -0.05) is 12.1 Å². The summed E-state index contributed by atoms with van der Waals surface area (Å²) in [6, 6.07) is 8.19. The molecule has 0 spiro atoms. The summed E-state index contributed by atoms with van der Waals surface area (Å²) >= 11 is 0. The van der Waals surface area contributed by atoms with Gasteiger partial charge in [0.2, 0.25) is 0 Å². The summed E-state index contributed by atoms with van der Waals surface area (Å²) < 4.78 is 2.87. The summed E-state index contributed by atoms with van der Waals surface area (Å²) in [6.07, 6.45) is 3.05. The first-order valence-corrected chi connectivity index (χ1v) is 7.37. The standard InChI is InChI=1S/C16H12N6O3/c17-14-13-11(15(24)20-16(13)25)5-12(23)22(14)10-3-1-9(2-4-10)6-21-8-18-7-19-21/h1-5,7-8H,6,17H2,(H,20,24,25). The van der Waals surface area contributed by atoms with E-state index >= 15 is 0 Å². The zero-order valence-electron chi connectivity index (χ0n) is 12.8. The van der Waals surface area contributed by atoms with Crippen LogP contribution in [0.4, 0.5) is 5.82 Å². The van der Waals surface area contributed by atoms with E-state index in [1.807, 2.05) is 12.1 Å². The third-order valence-corrected chi connectivity index (χ3v) is 3.96. The van der Waals surface area contributed by atoms with E-state index in [1.165, 1.54) is 10.9 Å². The van der Waals surface area contributed by atoms with Crippen LogP contribution in [0.1, 0.15) is 26.3 Å². The number of amides is 2. The van der Waals surface area contributed by atoms with Crippen molar-refractivity contribution in [3.63, 3.8) is 0 Å². The fourth-order valence-corrected chi connectivity index (χ4v) is 2.80. The molecule has 0 bridgehead atoms. The van der Waals surface area contributed by atoms with E-state index in [9.17, 15) is 14.4 Å². The Morgan fingerprint density at radius 2 is 1.84 bits per heavy atom. The van der Waals surface area contributed by atoms with Gasteiger partial charge in [0.15, 0.2) is 0 Å². The number of carbonyl (C=O) groups excluding carboxylic acids is 2. The van der Waals surface area contributed by atoms with Crippen molar-refractivity contribution in [3.8, 4) is 5.69 Å². The Labute approximate surface area is 140 Å². The van der Waals surface area contributed by atoms with Gasteiger partial charge in [-0.3, -0.25) is 24.3 Å². The number of imide groups is 1. The summed E-state index contributed by atoms with van der Waals surface area (Å²) in [5.41, 5.74) is 7.00. The van der Waals surface area contributed by atoms with Crippen LogP contribution in [0.5, 0.6) is 0 Å². The van der Waals surface area contributed by atoms with E-state index in [1.54, 1.807) is 23.1 Å². The quantitative estimate of drug-likeness (QED) is 0.646. The van der Waals surface area contributed by atoms with Crippen molar-refractivity contribution in [1.82, 2.24) is 24.6 Å². The number of nitrogens with zero attached hydrogens (tertiary/aromatic N) is 4. The lowest BCUT2D eigenvalue weighted by atomic mass is 10.1. The van der Waals surface area contributed by atoms with Gasteiger partial charge < -0.3 is 5.73 Å². The second-order valence-electron chi connectivity index (χ2n) is 5.53. The van der Waals surface area contributed by atoms with Crippen molar-refractivity contribution in [2.24, 2.45) is 0 Å². The van der Waals surface area contributed by atoms with E-state index in [-0.39, 0.29) is 16.9 Å². The van der Waals surface area contributed by atoms with Gasteiger partial charge in [-0.15, -0.1) is 0 Å². The van der Waals surface area contributed by atoms with Crippen molar-refractivity contribution in [2.75, 3.05) is 5.73 Å². The summed E-state index contributed by atoms with van der Waals surface area (Å²) in [4.78, 5) is 39.8. The smallest absolute Gasteiger partial charge is 0.262 e. The number of rotatable bonds is 3. The third-order valence-electron chi connectivity index (χ3n) is 3.96. The van der Waals surface area contributed by atoms with Gasteiger partial charge in [0.25, 0.3) is 17.4 Å². The fourth-order valence-electron chi connectivity index (χ4n) is 2.80. The first-order chi connectivity index (χ1) is 12.0. The maximum Gasteiger partial charge on any atom is 0.262 e. The van der Waals surface area contributed by atoms with Crippen LogP contribution in [0.15, 0.2) is 47.8 Å². The lowest BCUT2D eigenvalue weighted by Crippen LogP contribution is -2.24. The van der Waals surface area contributed by atoms with Crippen LogP contribution in [-0.4, -0.2) is 31.1 Å². The molecule has 3 heterocycles. The van der Waals surface area contributed by atoms with E-state index < -0.39 is 17.4 Å². The largest absolute Gasteiger partial charge is 0.384 e. The number of anilines is 1. The van der Waals surface area contributed by atoms with E-state index in [0.29, 0.717) is 12.2 Å². The van der Waals surface area contributed by atoms with Gasteiger partial charge >= 0.3 is 0 Å². The van der Waals surface area contributed by atoms with Gasteiger partial charge in [0.05, 0.1) is 23.4 Å². The number of pyridine rings is 1. The lowest BCUT2D eigenvalue weighted by molar-refractivity contribution is 0.0880. The highest BCUT2D eigenvalue weighted by Crippen LogP contribution is 2.22. The molecule has 124 valence electrons. The van der Waals surface area contributed by atoms with E-state index in [2.05, 4.69) is 15.4 Å². The van der Waals surface area contributed by atoms with Gasteiger partial charge in [0.1, 0.15) is 18.5 Å². The Morgan fingerprint density at radius 3 is 2.52 bits per heavy atom. The van der Waals surface area contributed by atoms with Crippen LogP contribution in [0.2, 0.25) is 0 Å². The molecular formula is C16H12N6O3. The maximum absolute atomic E-state index is 12.4. The molecular weight excluding hydrogens is 324 g/mol. The summed E-state index contributed by atoms with van der Waals surface area (Å²) in [7, 11) is 0. The average molecular weight is 336 g/mol. The van der Waals surface area contributed by atoms with Gasteiger partial charge in [0, 0.05) is 6.07 Å². The Hall–Kier alpha value is -3.75. The van der Waals surface area contributed by atoms with E-state index in [4.69, 9.17) is 5.73 Å². The summed E-state index contributed by atoms with van der Waals surface area (Å²) in [5, 5.41) is 6.17. The molecule has 3 N–H and O–H groups in total. The molecule has 2 aromatic heterocycles. The molecule has 0 saturated carbocycles. The van der Waals surface area contributed by atoms with Crippen LogP contribution >= 0.6 is 0 Å². The Morgan fingerprint density at radius 1 is 1.08 bits per heavy atom. The monoisotopic (exact) mass is 336 g/mol. The number of hydrogen-bond acceptors (Lipinski definition) is 6. The molecule has 0 atom stereocenters. The molecule has 9 nitrogen and oxygen atoms in total. The molecule has 25 heavy (non-hydrogen) atoms. The molecule has 3 aromatic rings. The van der Waals surface area contributed by atoms with Crippen LogP contribution in [0.25, 0.3) is 5.69 Å². The van der Waals surface area contributed by atoms with Gasteiger partial charge in [-0.05, 0) is 17.7 Å². The van der Waals surface area contributed by atoms with Crippen molar-refractivity contribution in [3.05, 3.63) is 70.0 Å². The SMILES string of the molecule is Nc1c2c(cc(=O)n1-c1ccc(Cn3cncn3)cc1)C(=O)NC2=O. The van der Waals surface area contributed by atoms with Gasteiger partial charge in [-0.25, -0.2) is 9.67 Å². The van der Waals surface area contributed by atoms with Crippen LogP contribution < -0.4 is 16.6 Å². The molecule has 0 radical (unpaired) electrons. The number of fused-ring (bicyclic) bond motifs is 1. The lowest BCUT2D eigenvalue weighted by Gasteiger charge is -2.12. The van der Waals surface area contributed by atoms with Crippen LogP contribution in [-0.2, 0) is 6.54 Å². The van der Waals surface area contributed by atoms with E-state index in [0.717, 1.165) is 11.6 Å². The highest BCUT2D eigenvalue weighted by atomic mass is 16.2. The maximum atomic E-state index is 12.4. The normalized spacial score (nSPS) is 13.0. The molecule has 9 heteroatoms. The molecule has 0 unspecified atom stereocenters. The minimum atomic E-state index is -0.612. The Bertz CT molecular complexity index is 1050. The second kappa shape index (κ2) is 5.41. The molecule has 0 saturated heterocycles. The molecule has 4 rings (SSSR count). The highest BCUT2D eigenvalue weighted by Gasteiger charge is 2.31. The topological polar surface area (TPSA) is 125 Å². The number of nitrogens with one attached hydrogen (secondary N) is 1. The minimum absolute atomic E-state index is 0.00607. The van der Waals surface area contributed by atoms with Crippen molar-refractivity contribution >= 4 is 17.6 Å². The molecule has 1 aliphatic heterocycles. The molecule has 2 amide bonds. The number of carbonyl (C=O) groups is 2. The predicted octanol–water partition coefficient (Wildman–Crippen LogP) is -0.0569. The van der Waals surface area contributed by atoms with Crippen LogP contribution in [0.3, 0.4) is 0 Å². The predicted molar refractivity (Wildman–Crippen MR) is 87.4 cm³/mol. The molecule has 1 aliphatic rings. The minimum Gasteiger partial charge on any atom is -0.384 e. The average Bonchev–Trinajstić information content (AvgIpc) is 3.17. The van der Waals surface area contributed by atoms with Gasteiger partial charge in [-0.2, -0.15) is 5.10 Å². The fraction of sp³-hybridized carbons (Fsp3) is 0.0625.